The van der Waals surface area contributed by atoms with Gasteiger partial charge < -0.3 is 14.9 Å². The van der Waals surface area contributed by atoms with E-state index in [1.165, 1.54) is 44.5 Å². The molecule has 3 rings (SSSR count). The first-order valence-corrected chi connectivity index (χ1v) is 8.99. The van der Waals surface area contributed by atoms with Crippen LogP contribution < -0.4 is 0 Å². The normalized spacial score (nSPS) is 25.8. The summed E-state index contributed by atoms with van der Waals surface area (Å²) < 4.78 is 13.0. The highest BCUT2D eigenvalue weighted by Crippen LogP contribution is 2.31. The van der Waals surface area contributed by atoms with Crippen LogP contribution in [0.15, 0.2) is 24.3 Å². The van der Waals surface area contributed by atoms with Gasteiger partial charge >= 0.3 is 0 Å². The zero-order chi connectivity index (χ0) is 16.2. The molecule has 1 N–H and O–H groups in total. The van der Waals surface area contributed by atoms with E-state index in [0.717, 1.165) is 37.5 Å². The summed E-state index contributed by atoms with van der Waals surface area (Å²) in [6.45, 7) is 4.56. The lowest BCUT2D eigenvalue weighted by atomic mass is 9.87. The second kappa shape index (κ2) is 7.73. The van der Waals surface area contributed by atoms with Gasteiger partial charge in [-0.3, -0.25) is 0 Å². The Hall–Kier alpha value is -0.970. The molecule has 0 radical (unpaired) electrons. The van der Waals surface area contributed by atoms with Crippen LogP contribution in [-0.2, 0) is 0 Å². The molecule has 0 saturated carbocycles. The highest BCUT2D eigenvalue weighted by molar-refractivity contribution is 5.19. The number of rotatable bonds is 5. The highest BCUT2D eigenvalue weighted by Gasteiger charge is 2.27. The minimum atomic E-state index is -0.460. The average Bonchev–Trinajstić information content (AvgIpc) is 2.99. The van der Waals surface area contributed by atoms with E-state index in [1.807, 2.05) is 0 Å². The van der Waals surface area contributed by atoms with E-state index in [1.54, 1.807) is 12.1 Å². The molecular formula is C19H29FN2O. The zero-order valence-electron chi connectivity index (χ0n) is 14.1. The number of halogens is 1. The first kappa shape index (κ1) is 16.9. The maximum Gasteiger partial charge on any atom is 0.123 e. The minimum absolute atomic E-state index is 0.243. The Kier molecular flexibility index (Phi) is 5.67. The fraction of sp³-hybridized carbons (Fsp3) is 0.684. The third-order valence-electron chi connectivity index (χ3n) is 5.74. The monoisotopic (exact) mass is 320 g/mol. The van der Waals surface area contributed by atoms with Gasteiger partial charge in [-0.2, -0.15) is 0 Å². The maximum absolute atomic E-state index is 13.0. The summed E-state index contributed by atoms with van der Waals surface area (Å²) in [5.41, 5.74) is 0.845. The van der Waals surface area contributed by atoms with Crippen LogP contribution in [0.3, 0.4) is 0 Å². The topological polar surface area (TPSA) is 26.7 Å². The Bertz CT molecular complexity index is 485. The van der Waals surface area contributed by atoms with Crippen molar-refractivity contribution in [1.82, 2.24) is 9.80 Å². The molecule has 2 heterocycles. The molecule has 2 atom stereocenters. The summed E-state index contributed by atoms with van der Waals surface area (Å²) in [6, 6.07) is 7.06. The van der Waals surface area contributed by atoms with Crippen LogP contribution in [0.4, 0.5) is 4.39 Å². The van der Waals surface area contributed by atoms with E-state index >= 15 is 0 Å². The minimum Gasteiger partial charge on any atom is -0.388 e. The Morgan fingerprint density at radius 2 is 1.83 bits per heavy atom. The van der Waals surface area contributed by atoms with Crippen molar-refractivity contribution in [3.8, 4) is 0 Å². The number of benzene rings is 1. The summed E-state index contributed by atoms with van der Waals surface area (Å²) >= 11 is 0. The largest absolute Gasteiger partial charge is 0.388 e. The molecule has 1 aromatic rings. The van der Waals surface area contributed by atoms with Crippen LogP contribution in [0.5, 0.6) is 0 Å². The van der Waals surface area contributed by atoms with E-state index in [4.69, 9.17) is 0 Å². The first-order chi connectivity index (χ1) is 11.1. The fourth-order valence-corrected chi connectivity index (χ4v) is 4.10. The molecule has 2 aliphatic rings. The van der Waals surface area contributed by atoms with Gasteiger partial charge in [0.1, 0.15) is 5.82 Å². The molecule has 1 aromatic carbocycles. The summed E-state index contributed by atoms with van der Waals surface area (Å²) in [5, 5.41) is 10.5. The lowest BCUT2D eigenvalue weighted by Gasteiger charge is -2.35. The molecule has 128 valence electrons. The van der Waals surface area contributed by atoms with Gasteiger partial charge in [-0.1, -0.05) is 12.1 Å². The lowest BCUT2D eigenvalue weighted by molar-refractivity contribution is 0.0567. The summed E-state index contributed by atoms with van der Waals surface area (Å²) in [6.07, 6.45) is 5.54. The molecule has 2 fully saturated rings. The van der Waals surface area contributed by atoms with E-state index in [2.05, 4.69) is 16.8 Å². The lowest BCUT2D eigenvalue weighted by Crippen LogP contribution is -2.38. The number of aliphatic hydroxyl groups is 1. The van der Waals surface area contributed by atoms with E-state index < -0.39 is 6.10 Å². The smallest absolute Gasteiger partial charge is 0.123 e. The van der Waals surface area contributed by atoms with Crippen LogP contribution >= 0.6 is 0 Å². The Morgan fingerprint density at radius 3 is 2.43 bits per heavy atom. The third kappa shape index (κ3) is 4.31. The molecule has 0 spiro atoms. The van der Waals surface area contributed by atoms with Crippen LogP contribution in [0.25, 0.3) is 0 Å². The van der Waals surface area contributed by atoms with E-state index in [9.17, 15) is 9.50 Å². The van der Waals surface area contributed by atoms with E-state index in [0.29, 0.717) is 5.92 Å². The molecule has 0 aromatic heterocycles. The van der Waals surface area contributed by atoms with Crippen molar-refractivity contribution in [3.05, 3.63) is 35.6 Å². The highest BCUT2D eigenvalue weighted by atomic mass is 19.1. The molecule has 0 amide bonds. The predicted molar refractivity (Wildman–Crippen MR) is 90.8 cm³/mol. The van der Waals surface area contributed by atoms with Crippen molar-refractivity contribution in [2.24, 2.45) is 5.92 Å². The molecule has 0 bridgehead atoms. The number of aliphatic hydroxyl groups excluding tert-OH is 1. The zero-order valence-corrected chi connectivity index (χ0v) is 14.1. The molecule has 23 heavy (non-hydrogen) atoms. The summed E-state index contributed by atoms with van der Waals surface area (Å²) in [7, 11) is 2.24. The van der Waals surface area contributed by atoms with Gasteiger partial charge in [-0.15, -0.1) is 0 Å². The first-order valence-electron chi connectivity index (χ1n) is 8.99. The Morgan fingerprint density at radius 1 is 1.13 bits per heavy atom. The number of piperidine rings is 1. The number of hydrogen-bond acceptors (Lipinski definition) is 3. The van der Waals surface area contributed by atoms with Gasteiger partial charge in [0.15, 0.2) is 0 Å². The third-order valence-corrected chi connectivity index (χ3v) is 5.74. The van der Waals surface area contributed by atoms with Crippen LogP contribution in [0.1, 0.15) is 43.8 Å². The Balaban J connectivity index is 1.43. The van der Waals surface area contributed by atoms with Crippen molar-refractivity contribution in [2.75, 3.05) is 33.2 Å². The Labute approximate surface area is 139 Å². The molecule has 2 aliphatic heterocycles. The fourth-order valence-electron chi connectivity index (χ4n) is 4.10. The molecule has 2 saturated heterocycles. The molecular weight excluding hydrogens is 291 g/mol. The quantitative estimate of drug-likeness (QED) is 0.903. The molecule has 0 aliphatic carbocycles. The second-order valence-corrected chi connectivity index (χ2v) is 7.24. The maximum atomic E-state index is 13.0. The van der Waals surface area contributed by atoms with Gasteiger partial charge in [0.2, 0.25) is 0 Å². The van der Waals surface area contributed by atoms with Crippen LogP contribution in [0.2, 0.25) is 0 Å². The van der Waals surface area contributed by atoms with Crippen molar-refractivity contribution in [2.45, 2.75) is 44.2 Å². The van der Waals surface area contributed by atoms with Crippen molar-refractivity contribution in [1.29, 1.82) is 0 Å². The molecule has 4 heteroatoms. The SMILES string of the molecule is CN1CCCC1CCN1CCC(C(O)c2ccc(F)cc2)CC1. The van der Waals surface area contributed by atoms with Gasteiger partial charge in [-0.05, 0) is 88.9 Å². The van der Waals surface area contributed by atoms with Crippen molar-refractivity contribution < 1.29 is 9.50 Å². The summed E-state index contributed by atoms with van der Waals surface area (Å²) in [5.74, 6) is 0.0542. The number of likely N-dealkylation sites (tertiary alicyclic amines) is 2. The van der Waals surface area contributed by atoms with Crippen molar-refractivity contribution >= 4 is 0 Å². The number of nitrogens with zero attached hydrogens (tertiary/aromatic N) is 2. The van der Waals surface area contributed by atoms with Crippen LogP contribution in [-0.4, -0.2) is 54.2 Å². The average molecular weight is 320 g/mol. The predicted octanol–water partition coefficient (Wildman–Crippen LogP) is 3.06. The number of hydrogen-bond donors (Lipinski definition) is 1. The second-order valence-electron chi connectivity index (χ2n) is 7.24. The standard InChI is InChI=1S/C19H29FN2O/c1-21-11-2-3-18(21)10-14-22-12-8-16(9-13-22)19(23)15-4-6-17(20)7-5-15/h4-7,16,18-19,23H,2-3,8-14H2,1H3. The summed E-state index contributed by atoms with van der Waals surface area (Å²) in [4.78, 5) is 5.03. The molecule has 2 unspecified atom stereocenters. The van der Waals surface area contributed by atoms with Gasteiger partial charge in [0, 0.05) is 6.04 Å². The van der Waals surface area contributed by atoms with Gasteiger partial charge in [0.25, 0.3) is 0 Å². The van der Waals surface area contributed by atoms with Crippen molar-refractivity contribution in [3.63, 3.8) is 0 Å². The van der Waals surface area contributed by atoms with E-state index in [-0.39, 0.29) is 5.82 Å². The van der Waals surface area contributed by atoms with Gasteiger partial charge in [0.05, 0.1) is 6.10 Å². The van der Waals surface area contributed by atoms with Crippen LogP contribution in [0, 0.1) is 11.7 Å². The van der Waals surface area contributed by atoms with Gasteiger partial charge in [-0.25, -0.2) is 4.39 Å². The molecule has 3 nitrogen and oxygen atoms in total.